The molecule has 1 aromatic heterocycles. The standard InChI is InChI=1S/C15H15F2N3O2/c1-2-12(21)18-11-6-4-8-7-9(3-5-10(8)11)14-19-15(13(16)17)22-20-14/h3,5,7,11,13H,2,4,6H2,1H3,(H,18,21)/t11-/m1/s1. The smallest absolute Gasteiger partial charge is 0.315 e. The van der Waals surface area contributed by atoms with E-state index in [0.29, 0.717) is 12.0 Å². The number of aryl methyl sites for hydroxylation is 1. The van der Waals surface area contributed by atoms with Gasteiger partial charge in [-0.1, -0.05) is 24.2 Å². The van der Waals surface area contributed by atoms with Crippen LogP contribution in [0.1, 0.15) is 49.3 Å². The molecule has 1 N–H and O–H groups in total. The first-order chi connectivity index (χ1) is 10.6. The average molecular weight is 307 g/mol. The zero-order valence-corrected chi connectivity index (χ0v) is 12.0. The Balaban J connectivity index is 1.84. The lowest BCUT2D eigenvalue weighted by molar-refractivity contribution is -0.121. The second-order valence-electron chi connectivity index (χ2n) is 5.18. The predicted molar refractivity (Wildman–Crippen MR) is 74.2 cm³/mol. The number of benzene rings is 1. The van der Waals surface area contributed by atoms with Crippen molar-refractivity contribution in [3.63, 3.8) is 0 Å². The number of alkyl halides is 2. The van der Waals surface area contributed by atoms with Crippen LogP contribution in [0.5, 0.6) is 0 Å². The van der Waals surface area contributed by atoms with Crippen molar-refractivity contribution >= 4 is 5.91 Å². The number of carbonyl (C=O) groups is 1. The highest BCUT2D eigenvalue weighted by Gasteiger charge is 2.25. The first-order valence-corrected chi connectivity index (χ1v) is 7.12. The fourth-order valence-corrected chi connectivity index (χ4v) is 2.64. The van der Waals surface area contributed by atoms with Crippen LogP contribution in [0.25, 0.3) is 11.4 Å². The first-order valence-electron chi connectivity index (χ1n) is 7.12. The number of halogens is 2. The predicted octanol–water partition coefficient (Wildman–Crippen LogP) is 3.19. The van der Waals surface area contributed by atoms with Gasteiger partial charge in [0, 0.05) is 12.0 Å². The van der Waals surface area contributed by atoms with Gasteiger partial charge in [-0.2, -0.15) is 13.8 Å². The van der Waals surface area contributed by atoms with Crippen molar-refractivity contribution < 1.29 is 18.1 Å². The molecule has 22 heavy (non-hydrogen) atoms. The van der Waals surface area contributed by atoms with E-state index in [0.717, 1.165) is 24.0 Å². The van der Waals surface area contributed by atoms with Crippen molar-refractivity contribution in [1.82, 2.24) is 15.5 Å². The molecule has 1 atom stereocenters. The molecular weight excluding hydrogens is 292 g/mol. The van der Waals surface area contributed by atoms with E-state index in [4.69, 9.17) is 0 Å². The summed E-state index contributed by atoms with van der Waals surface area (Å²) in [5.74, 6) is -0.510. The van der Waals surface area contributed by atoms with Gasteiger partial charge in [0.25, 0.3) is 5.89 Å². The summed E-state index contributed by atoms with van der Waals surface area (Å²) in [5.41, 5.74) is 2.77. The Kier molecular flexibility index (Phi) is 3.87. The van der Waals surface area contributed by atoms with Crippen LogP contribution in [0.4, 0.5) is 8.78 Å². The highest BCUT2D eigenvalue weighted by Crippen LogP contribution is 2.34. The Bertz CT molecular complexity index is 700. The van der Waals surface area contributed by atoms with E-state index in [1.165, 1.54) is 0 Å². The molecule has 0 unspecified atom stereocenters. The number of carbonyl (C=O) groups excluding carboxylic acids is 1. The van der Waals surface area contributed by atoms with E-state index in [-0.39, 0.29) is 17.8 Å². The van der Waals surface area contributed by atoms with Gasteiger partial charge in [-0.25, -0.2) is 0 Å². The summed E-state index contributed by atoms with van der Waals surface area (Å²) in [5, 5.41) is 6.55. The summed E-state index contributed by atoms with van der Waals surface area (Å²) in [6, 6.07) is 5.53. The van der Waals surface area contributed by atoms with Crippen molar-refractivity contribution in [3.8, 4) is 11.4 Å². The van der Waals surface area contributed by atoms with Gasteiger partial charge < -0.3 is 9.84 Å². The molecule has 2 aromatic rings. The quantitative estimate of drug-likeness (QED) is 0.942. The van der Waals surface area contributed by atoms with Crippen molar-refractivity contribution in [2.45, 2.75) is 38.7 Å². The van der Waals surface area contributed by atoms with Gasteiger partial charge in [-0.05, 0) is 30.0 Å². The van der Waals surface area contributed by atoms with Gasteiger partial charge >= 0.3 is 6.43 Å². The van der Waals surface area contributed by atoms with E-state index in [9.17, 15) is 13.6 Å². The lowest BCUT2D eigenvalue weighted by atomic mass is 10.0. The largest absolute Gasteiger partial charge is 0.349 e. The minimum absolute atomic E-state index is 0.0124. The number of nitrogens with zero attached hydrogens (tertiary/aromatic N) is 2. The summed E-state index contributed by atoms with van der Waals surface area (Å²) >= 11 is 0. The van der Waals surface area contributed by atoms with E-state index in [1.54, 1.807) is 6.07 Å². The SMILES string of the molecule is CCC(=O)N[C@@H]1CCc2cc(-c3noc(C(F)F)n3)ccc21. The molecule has 0 bridgehead atoms. The number of hydrogen-bond acceptors (Lipinski definition) is 4. The summed E-state index contributed by atoms with van der Waals surface area (Å²) in [6.45, 7) is 1.81. The van der Waals surface area contributed by atoms with Crippen LogP contribution in [0.15, 0.2) is 22.7 Å². The van der Waals surface area contributed by atoms with Crippen LogP contribution < -0.4 is 5.32 Å². The summed E-state index contributed by atoms with van der Waals surface area (Å²) in [6.07, 6.45) is -0.677. The highest BCUT2D eigenvalue weighted by molar-refractivity contribution is 5.76. The van der Waals surface area contributed by atoms with E-state index < -0.39 is 12.3 Å². The maximum absolute atomic E-state index is 12.5. The molecule has 0 spiro atoms. The number of hydrogen-bond donors (Lipinski definition) is 1. The molecule has 3 rings (SSSR count). The van der Waals surface area contributed by atoms with E-state index in [1.807, 2.05) is 19.1 Å². The van der Waals surface area contributed by atoms with Crippen molar-refractivity contribution in [2.24, 2.45) is 0 Å². The second kappa shape index (κ2) is 5.82. The van der Waals surface area contributed by atoms with Gasteiger partial charge in [0.15, 0.2) is 0 Å². The van der Waals surface area contributed by atoms with Gasteiger partial charge in [0.2, 0.25) is 11.7 Å². The molecule has 0 saturated carbocycles. The van der Waals surface area contributed by atoms with Crippen LogP contribution in [0, 0.1) is 0 Å². The Labute approximate surface area is 125 Å². The normalized spacial score (nSPS) is 16.8. The molecule has 1 aliphatic rings. The highest BCUT2D eigenvalue weighted by atomic mass is 19.3. The zero-order valence-electron chi connectivity index (χ0n) is 12.0. The minimum Gasteiger partial charge on any atom is -0.349 e. The Morgan fingerprint density at radius 1 is 1.50 bits per heavy atom. The molecular formula is C15H15F2N3O2. The third-order valence-corrected chi connectivity index (χ3v) is 3.76. The van der Waals surface area contributed by atoms with Gasteiger partial charge in [0.1, 0.15) is 0 Å². The molecule has 0 fully saturated rings. The third-order valence-electron chi connectivity index (χ3n) is 3.76. The molecule has 1 amide bonds. The number of rotatable bonds is 4. The molecule has 0 aliphatic heterocycles. The fraction of sp³-hybridized carbons (Fsp3) is 0.400. The fourth-order valence-electron chi connectivity index (χ4n) is 2.64. The Morgan fingerprint density at radius 3 is 3.00 bits per heavy atom. The number of aromatic nitrogens is 2. The molecule has 116 valence electrons. The van der Waals surface area contributed by atoms with Gasteiger partial charge in [0.05, 0.1) is 6.04 Å². The molecule has 0 radical (unpaired) electrons. The average Bonchev–Trinajstić information content (AvgIpc) is 3.14. The molecule has 1 heterocycles. The van der Waals surface area contributed by atoms with Gasteiger partial charge in [-0.3, -0.25) is 4.79 Å². The minimum atomic E-state index is -2.77. The lowest BCUT2D eigenvalue weighted by Gasteiger charge is -2.13. The van der Waals surface area contributed by atoms with Crippen molar-refractivity contribution in [3.05, 3.63) is 35.2 Å². The molecule has 7 heteroatoms. The maximum Gasteiger partial charge on any atom is 0.315 e. The molecule has 0 saturated heterocycles. The molecule has 5 nitrogen and oxygen atoms in total. The van der Waals surface area contributed by atoms with Crippen LogP contribution in [0.3, 0.4) is 0 Å². The monoisotopic (exact) mass is 307 g/mol. The van der Waals surface area contributed by atoms with Crippen LogP contribution in [0.2, 0.25) is 0 Å². The zero-order chi connectivity index (χ0) is 15.7. The number of nitrogens with one attached hydrogen (secondary N) is 1. The summed E-state index contributed by atoms with van der Waals surface area (Å²) in [7, 11) is 0. The first kappa shape index (κ1) is 14.6. The van der Waals surface area contributed by atoms with E-state index >= 15 is 0 Å². The van der Waals surface area contributed by atoms with Crippen molar-refractivity contribution in [1.29, 1.82) is 0 Å². The molecule has 1 aromatic carbocycles. The number of amides is 1. The van der Waals surface area contributed by atoms with E-state index in [2.05, 4.69) is 20.0 Å². The summed E-state index contributed by atoms with van der Waals surface area (Å²) < 4.78 is 29.5. The lowest BCUT2D eigenvalue weighted by Crippen LogP contribution is -2.26. The second-order valence-corrected chi connectivity index (χ2v) is 5.18. The van der Waals surface area contributed by atoms with Crippen molar-refractivity contribution in [2.75, 3.05) is 0 Å². The summed E-state index contributed by atoms with van der Waals surface area (Å²) in [4.78, 5) is 15.2. The van der Waals surface area contributed by atoms with Crippen LogP contribution >= 0.6 is 0 Å². The Hall–Kier alpha value is -2.31. The maximum atomic E-state index is 12.5. The van der Waals surface area contributed by atoms with Gasteiger partial charge in [-0.15, -0.1) is 0 Å². The molecule has 1 aliphatic carbocycles. The third kappa shape index (κ3) is 2.70. The topological polar surface area (TPSA) is 68.0 Å². The Morgan fingerprint density at radius 2 is 2.32 bits per heavy atom. The van der Waals surface area contributed by atoms with Crippen LogP contribution in [-0.4, -0.2) is 16.0 Å². The van der Waals surface area contributed by atoms with Crippen LogP contribution in [-0.2, 0) is 11.2 Å². The number of fused-ring (bicyclic) bond motifs is 1.